The highest BCUT2D eigenvalue weighted by molar-refractivity contribution is 7.13. The molecule has 1 aromatic heterocycles. The summed E-state index contributed by atoms with van der Waals surface area (Å²) in [7, 11) is 0. The second-order valence-electron chi connectivity index (χ2n) is 5.81. The van der Waals surface area contributed by atoms with E-state index in [2.05, 4.69) is 0 Å². The van der Waals surface area contributed by atoms with Crippen molar-refractivity contribution >= 4 is 28.9 Å². The number of aryl methyl sites for hydroxylation is 1. The molecular formula is C18H19FN2O3S. The molecule has 2 aromatic rings. The van der Waals surface area contributed by atoms with Crippen LogP contribution in [0.25, 0.3) is 0 Å². The number of thiophene rings is 1. The van der Waals surface area contributed by atoms with E-state index >= 15 is 0 Å². The molecule has 1 aliphatic rings. The lowest BCUT2D eigenvalue weighted by Gasteiger charge is -2.36. The van der Waals surface area contributed by atoms with E-state index in [4.69, 9.17) is 4.74 Å². The van der Waals surface area contributed by atoms with Gasteiger partial charge in [0.05, 0.1) is 5.69 Å². The Kier molecular flexibility index (Phi) is 5.33. The van der Waals surface area contributed by atoms with Crippen LogP contribution in [0.5, 0.6) is 0 Å². The fraction of sp³-hybridized carbons (Fsp3) is 0.333. The van der Waals surface area contributed by atoms with E-state index in [1.54, 1.807) is 29.2 Å². The standard InChI is InChI=1S/C18H19FN2O3S/c1-13-6-7-16(25-13)18(23)24-12-17(22)21-10-8-20(9-11-21)15-5-3-2-4-14(15)19/h2-7H,8-12H2,1H3. The molecule has 0 bridgehead atoms. The minimum Gasteiger partial charge on any atom is -0.451 e. The molecule has 1 amide bonds. The molecule has 0 saturated carbocycles. The fourth-order valence-electron chi connectivity index (χ4n) is 2.74. The highest BCUT2D eigenvalue weighted by Gasteiger charge is 2.23. The summed E-state index contributed by atoms with van der Waals surface area (Å²) in [6.45, 7) is 3.68. The van der Waals surface area contributed by atoms with Gasteiger partial charge in [-0.05, 0) is 31.2 Å². The summed E-state index contributed by atoms with van der Waals surface area (Å²) in [5.41, 5.74) is 0.550. The van der Waals surface area contributed by atoms with Crippen molar-refractivity contribution in [3.63, 3.8) is 0 Å². The lowest BCUT2D eigenvalue weighted by molar-refractivity contribution is -0.134. The van der Waals surface area contributed by atoms with E-state index in [1.807, 2.05) is 17.9 Å². The molecule has 2 heterocycles. The number of halogens is 1. The van der Waals surface area contributed by atoms with Crippen molar-refractivity contribution in [1.29, 1.82) is 0 Å². The van der Waals surface area contributed by atoms with Gasteiger partial charge in [0.25, 0.3) is 5.91 Å². The Bertz CT molecular complexity index is 769. The van der Waals surface area contributed by atoms with Crippen LogP contribution < -0.4 is 4.90 Å². The average molecular weight is 362 g/mol. The summed E-state index contributed by atoms with van der Waals surface area (Å²) in [6, 6.07) is 10.1. The van der Waals surface area contributed by atoms with E-state index in [1.165, 1.54) is 17.4 Å². The molecule has 0 atom stereocenters. The first-order chi connectivity index (χ1) is 12.0. The van der Waals surface area contributed by atoms with Crippen molar-refractivity contribution in [2.24, 2.45) is 0 Å². The van der Waals surface area contributed by atoms with Crippen LogP contribution in [0, 0.1) is 12.7 Å². The highest BCUT2D eigenvalue weighted by atomic mass is 32.1. The summed E-state index contributed by atoms with van der Waals surface area (Å²) in [4.78, 5) is 29.2. The molecule has 25 heavy (non-hydrogen) atoms. The topological polar surface area (TPSA) is 49.9 Å². The summed E-state index contributed by atoms with van der Waals surface area (Å²) in [5.74, 6) is -0.964. The number of amides is 1. The van der Waals surface area contributed by atoms with Crippen molar-refractivity contribution in [2.75, 3.05) is 37.7 Å². The smallest absolute Gasteiger partial charge is 0.348 e. The third kappa shape index (κ3) is 4.17. The van der Waals surface area contributed by atoms with Gasteiger partial charge in [0.2, 0.25) is 0 Å². The third-order valence-electron chi connectivity index (χ3n) is 4.09. The van der Waals surface area contributed by atoms with Crippen molar-refractivity contribution in [3.05, 3.63) is 52.0 Å². The molecule has 5 nitrogen and oxygen atoms in total. The van der Waals surface area contributed by atoms with Gasteiger partial charge in [-0.1, -0.05) is 12.1 Å². The molecule has 1 saturated heterocycles. The van der Waals surface area contributed by atoms with Gasteiger partial charge < -0.3 is 14.5 Å². The van der Waals surface area contributed by atoms with Gasteiger partial charge in [0.15, 0.2) is 6.61 Å². The number of benzene rings is 1. The van der Waals surface area contributed by atoms with E-state index in [0.29, 0.717) is 36.7 Å². The molecule has 3 rings (SSSR count). The number of rotatable bonds is 4. The number of hydrogen-bond acceptors (Lipinski definition) is 5. The number of anilines is 1. The zero-order valence-electron chi connectivity index (χ0n) is 13.9. The second kappa shape index (κ2) is 7.65. The van der Waals surface area contributed by atoms with Gasteiger partial charge in [-0.2, -0.15) is 0 Å². The van der Waals surface area contributed by atoms with Crippen molar-refractivity contribution in [3.8, 4) is 0 Å². The number of nitrogens with zero attached hydrogens (tertiary/aromatic N) is 2. The maximum absolute atomic E-state index is 13.8. The molecule has 0 N–H and O–H groups in total. The Morgan fingerprint density at radius 1 is 1.12 bits per heavy atom. The van der Waals surface area contributed by atoms with E-state index in [-0.39, 0.29) is 18.3 Å². The van der Waals surface area contributed by atoms with Crippen molar-refractivity contribution < 1.29 is 18.7 Å². The van der Waals surface area contributed by atoms with E-state index in [0.717, 1.165) is 4.88 Å². The summed E-state index contributed by atoms with van der Waals surface area (Å²) < 4.78 is 18.9. The maximum atomic E-state index is 13.8. The Morgan fingerprint density at radius 2 is 1.84 bits per heavy atom. The van der Waals surface area contributed by atoms with Crippen LogP contribution in [-0.4, -0.2) is 49.6 Å². The van der Waals surface area contributed by atoms with Gasteiger partial charge in [-0.3, -0.25) is 4.79 Å². The van der Waals surface area contributed by atoms with Crippen LogP contribution in [0.15, 0.2) is 36.4 Å². The van der Waals surface area contributed by atoms with Crippen LogP contribution in [0.3, 0.4) is 0 Å². The van der Waals surface area contributed by atoms with Gasteiger partial charge >= 0.3 is 5.97 Å². The van der Waals surface area contributed by atoms with Crippen LogP contribution >= 0.6 is 11.3 Å². The van der Waals surface area contributed by atoms with Gasteiger partial charge in [-0.25, -0.2) is 9.18 Å². The Morgan fingerprint density at radius 3 is 2.48 bits per heavy atom. The molecule has 0 spiro atoms. The fourth-order valence-corrected chi connectivity index (χ4v) is 3.50. The number of esters is 1. The van der Waals surface area contributed by atoms with Crippen LogP contribution in [-0.2, 0) is 9.53 Å². The van der Waals surface area contributed by atoms with Crippen LogP contribution in [0.4, 0.5) is 10.1 Å². The lowest BCUT2D eigenvalue weighted by Crippen LogP contribution is -2.50. The van der Waals surface area contributed by atoms with E-state index < -0.39 is 5.97 Å². The summed E-state index contributed by atoms with van der Waals surface area (Å²) in [5, 5.41) is 0. The summed E-state index contributed by atoms with van der Waals surface area (Å²) in [6.07, 6.45) is 0. The van der Waals surface area contributed by atoms with Crippen molar-refractivity contribution in [2.45, 2.75) is 6.92 Å². The molecule has 1 aliphatic heterocycles. The third-order valence-corrected chi connectivity index (χ3v) is 5.07. The Labute approximate surface area is 149 Å². The molecule has 132 valence electrons. The largest absolute Gasteiger partial charge is 0.451 e. The lowest BCUT2D eigenvalue weighted by atomic mass is 10.2. The SMILES string of the molecule is Cc1ccc(C(=O)OCC(=O)N2CCN(c3ccccc3F)CC2)s1. The number of piperazine rings is 1. The number of carbonyl (C=O) groups excluding carboxylic acids is 2. The zero-order valence-corrected chi connectivity index (χ0v) is 14.7. The maximum Gasteiger partial charge on any atom is 0.348 e. The molecular weight excluding hydrogens is 343 g/mol. The van der Waals surface area contributed by atoms with Crippen molar-refractivity contribution in [1.82, 2.24) is 4.90 Å². The van der Waals surface area contributed by atoms with Gasteiger partial charge in [0.1, 0.15) is 10.7 Å². The normalized spacial score (nSPS) is 14.5. The number of hydrogen-bond donors (Lipinski definition) is 0. The predicted octanol–water partition coefficient (Wildman–Crippen LogP) is 2.70. The predicted molar refractivity (Wildman–Crippen MR) is 94.5 cm³/mol. The molecule has 0 radical (unpaired) electrons. The first kappa shape index (κ1) is 17.4. The van der Waals surface area contributed by atoms with Gasteiger partial charge in [-0.15, -0.1) is 11.3 Å². The quantitative estimate of drug-likeness (QED) is 0.785. The minimum absolute atomic E-state index is 0.227. The number of para-hydroxylation sites is 1. The highest BCUT2D eigenvalue weighted by Crippen LogP contribution is 2.20. The molecule has 7 heteroatoms. The molecule has 1 fully saturated rings. The Balaban J connectivity index is 1.48. The monoisotopic (exact) mass is 362 g/mol. The molecule has 0 unspecified atom stereocenters. The number of ether oxygens (including phenoxy) is 1. The number of carbonyl (C=O) groups is 2. The zero-order chi connectivity index (χ0) is 17.8. The van der Waals surface area contributed by atoms with Crippen LogP contribution in [0.1, 0.15) is 14.5 Å². The average Bonchev–Trinajstić information content (AvgIpc) is 3.06. The van der Waals surface area contributed by atoms with Gasteiger partial charge in [0, 0.05) is 31.1 Å². The first-order valence-electron chi connectivity index (χ1n) is 8.05. The molecule has 0 aliphatic carbocycles. The summed E-state index contributed by atoms with van der Waals surface area (Å²) >= 11 is 1.34. The first-order valence-corrected chi connectivity index (χ1v) is 8.87. The Hall–Kier alpha value is -2.41. The second-order valence-corrected chi connectivity index (χ2v) is 7.09. The minimum atomic E-state index is -0.476. The molecule has 1 aromatic carbocycles. The van der Waals surface area contributed by atoms with E-state index in [9.17, 15) is 14.0 Å². The van der Waals surface area contributed by atoms with Crippen LogP contribution in [0.2, 0.25) is 0 Å².